The summed E-state index contributed by atoms with van der Waals surface area (Å²) in [4.78, 5) is 27.0. The summed E-state index contributed by atoms with van der Waals surface area (Å²) in [5.74, 6) is -0.310. The van der Waals surface area contributed by atoms with Gasteiger partial charge in [-0.1, -0.05) is 30.3 Å². The van der Waals surface area contributed by atoms with E-state index in [1.54, 1.807) is 18.3 Å². The van der Waals surface area contributed by atoms with E-state index < -0.39 is 12.2 Å². The highest BCUT2D eigenvalue weighted by Gasteiger charge is 2.44. The van der Waals surface area contributed by atoms with Gasteiger partial charge in [0.25, 0.3) is 0 Å². The van der Waals surface area contributed by atoms with E-state index in [0.717, 1.165) is 26.1 Å². The summed E-state index contributed by atoms with van der Waals surface area (Å²) in [6.45, 7) is 3.20. The Balaban J connectivity index is 1.08. The number of fused-ring (bicyclic) bond motifs is 2. The minimum atomic E-state index is -0.489. The van der Waals surface area contributed by atoms with Crippen LogP contribution in [0.4, 0.5) is 20.6 Å². The number of ether oxygens (including phenoxy) is 1. The largest absolute Gasteiger partial charge is 0.441 e. The molecule has 4 heterocycles. The van der Waals surface area contributed by atoms with E-state index in [1.165, 1.54) is 33.6 Å². The molecule has 2 aromatic rings. The first-order chi connectivity index (χ1) is 16.6. The smallest absolute Gasteiger partial charge is 0.414 e. The molecule has 3 atom stereocenters. The summed E-state index contributed by atoms with van der Waals surface area (Å²) in [7, 11) is 0. The number of hydrazine groups is 1. The molecule has 2 bridgehead atoms. The molecule has 1 amide bonds. The van der Waals surface area contributed by atoms with Gasteiger partial charge in [-0.05, 0) is 42.1 Å². The third-order valence-corrected chi connectivity index (χ3v) is 7.36. The Morgan fingerprint density at radius 1 is 1.12 bits per heavy atom. The summed E-state index contributed by atoms with van der Waals surface area (Å²) in [5, 5.41) is 3.30. The van der Waals surface area contributed by atoms with Crippen molar-refractivity contribution < 1.29 is 18.8 Å². The number of carbonyl (C=O) groups excluding carboxylic acids is 1. The number of halogens is 1. The van der Waals surface area contributed by atoms with Crippen LogP contribution >= 0.6 is 11.9 Å². The second-order valence-electron chi connectivity index (χ2n) is 8.98. The molecule has 1 unspecified atom stereocenters. The van der Waals surface area contributed by atoms with Crippen LogP contribution in [0.15, 0.2) is 60.1 Å². The standard InChI is InChI=1S/C24H26FN5O3S/c25-22-11-18(29-15-21(33-24(29)31)16-32-30-8-9-34-26-30)6-7-23(22)28-14-19-10-20(28)13-27(19)12-17-4-2-1-3-5-17/h1-9,11,19-21,26H,10,12-16H2/t19-,20-,21?/m0/s1. The molecule has 2 aromatic carbocycles. The SMILES string of the molecule is O=C1OC(CON2C=CSN2)CN1c1ccc(N2C[C@@H]3C[C@H]2CN3Cc2ccccc2)c(F)c1. The minimum absolute atomic E-state index is 0.205. The quantitative estimate of drug-likeness (QED) is 0.601. The van der Waals surface area contributed by atoms with Gasteiger partial charge < -0.3 is 9.64 Å². The molecule has 0 aromatic heterocycles. The number of carbonyl (C=O) groups is 1. The molecular formula is C24H26FN5O3S. The molecule has 0 aliphatic carbocycles. The monoisotopic (exact) mass is 483 g/mol. The van der Waals surface area contributed by atoms with E-state index in [1.807, 2.05) is 11.5 Å². The van der Waals surface area contributed by atoms with Gasteiger partial charge in [-0.3, -0.25) is 14.6 Å². The van der Waals surface area contributed by atoms with Crippen LogP contribution in [-0.2, 0) is 16.1 Å². The van der Waals surface area contributed by atoms with Crippen LogP contribution in [0, 0.1) is 5.82 Å². The van der Waals surface area contributed by atoms with E-state index in [4.69, 9.17) is 9.57 Å². The predicted molar refractivity (Wildman–Crippen MR) is 128 cm³/mol. The second-order valence-corrected chi connectivity index (χ2v) is 9.67. The molecule has 4 aliphatic rings. The third-order valence-electron chi connectivity index (χ3n) is 6.82. The zero-order chi connectivity index (χ0) is 23.1. The van der Waals surface area contributed by atoms with E-state index in [9.17, 15) is 4.79 Å². The lowest BCUT2D eigenvalue weighted by molar-refractivity contribution is -0.152. The van der Waals surface area contributed by atoms with Crippen molar-refractivity contribution in [1.29, 1.82) is 0 Å². The molecule has 0 radical (unpaired) electrons. The molecule has 1 N–H and O–H groups in total. The number of hydroxylamine groups is 1. The number of cyclic esters (lactones) is 1. The number of anilines is 2. The van der Waals surface area contributed by atoms with Crippen molar-refractivity contribution in [2.24, 2.45) is 0 Å². The number of nitrogens with one attached hydrogen (secondary N) is 1. The van der Waals surface area contributed by atoms with Crippen molar-refractivity contribution in [3.63, 3.8) is 0 Å². The Labute approximate surface area is 201 Å². The van der Waals surface area contributed by atoms with Crippen LogP contribution in [0.1, 0.15) is 12.0 Å². The number of likely N-dealkylation sites (tertiary alicyclic amines) is 1. The molecule has 8 nitrogen and oxygen atoms in total. The van der Waals surface area contributed by atoms with Crippen molar-refractivity contribution in [1.82, 2.24) is 14.9 Å². The molecule has 10 heteroatoms. The Kier molecular flexibility index (Phi) is 5.82. The highest BCUT2D eigenvalue weighted by Crippen LogP contribution is 2.38. The van der Waals surface area contributed by atoms with Gasteiger partial charge in [-0.25, -0.2) is 9.18 Å². The first-order valence-corrected chi connectivity index (χ1v) is 12.3. The van der Waals surface area contributed by atoms with Crippen molar-refractivity contribution in [3.05, 3.63) is 71.5 Å². The average Bonchev–Trinajstić information content (AvgIpc) is 3.63. The first kappa shape index (κ1) is 21.7. The van der Waals surface area contributed by atoms with E-state index in [2.05, 4.69) is 38.9 Å². The molecule has 0 spiro atoms. The van der Waals surface area contributed by atoms with Crippen LogP contribution < -0.4 is 14.6 Å². The van der Waals surface area contributed by atoms with Crippen LogP contribution in [0.5, 0.6) is 0 Å². The number of benzene rings is 2. The van der Waals surface area contributed by atoms with Crippen LogP contribution in [0.25, 0.3) is 0 Å². The Hall–Kier alpha value is -2.79. The molecular weight excluding hydrogens is 457 g/mol. The fourth-order valence-corrected chi connectivity index (χ4v) is 5.65. The van der Waals surface area contributed by atoms with Crippen LogP contribution in [0.2, 0.25) is 0 Å². The summed E-state index contributed by atoms with van der Waals surface area (Å²) < 4.78 is 20.6. The van der Waals surface area contributed by atoms with Crippen LogP contribution in [-0.4, -0.2) is 60.6 Å². The second kappa shape index (κ2) is 9.10. The minimum Gasteiger partial charge on any atom is -0.441 e. The average molecular weight is 484 g/mol. The molecule has 4 aliphatic heterocycles. The summed E-state index contributed by atoms with van der Waals surface area (Å²) in [6.07, 6.45) is 1.87. The zero-order valence-electron chi connectivity index (χ0n) is 18.5. The highest BCUT2D eigenvalue weighted by atomic mass is 32.2. The number of piperazine rings is 1. The van der Waals surface area contributed by atoms with Gasteiger partial charge in [0.05, 0.1) is 24.1 Å². The van der Waals surface area contributed by atoms with Gasteiger partial charge in [-0.15, -0.1) is 4.83 Å². The van der Waals surface area contributed by atoms with Gasteiger partial charge in [0.15, 0.2) is 0 Å². The molecule has 6 rings (SSSR count). The predicted octanol–water partition coefficient (Wildman–Crippen LogP) is 3.49. The first-order valence-electron chi connectivity index (χ1n) is 11.5. The van der Waals surface area contributed by atoms with Crippen molar-refractivity contribution in [3.8, 4) is 0 Å². The van der Waals surface area contributed by atoms with E-state index in [0.29, 0.717) is 30.0 Å². The lowest BCUT2D eigenvalue weighted by Crippen LogP contribution is -2.46. The normalized spacial score (nSPS) is 26.2. The fraction of sp³-hybridized carbons (Fsp3) is 0.375. The maximum absolute atomic E-state index is 15.2. The Bertz CT molecular complexity index is 1090. The third kappa shape index (κ3) is 4.22. The lowest BCUT2D eigenvalue weighted by atomic mass is 10.1. The van der Waals surface area contributed by atoms with Crippen molar-refractivity contribution >= 4 is 29.4 Å². The molecule has 3 saturated heterocycles. The van der Waals surface area contributed by atoms with Crippen molar-refractivity contribution in [2.75, 3.05) is 36.0 Å². The molecule has 3 fully saturated rings. The van der Waals surface area contributed by atoms with Crippen molar-refractivity contribution in [2.45, 2.75) is 31.2 Å². The van der Waals surface area contributed by atoms with Gasteiger partial charge in [0.1, 0.15) is 18.5 Å². The molecule has 0 saturated carbocycles. The topological polar surface area (TPSA) is 60.5 Å². The number of nitrogens with zero attached hydrogens (tertiary/aromatic N) is 4. The van der Waals surface area contributed by atoms with E-state index in [-0.39, 0.29) is 12.4 Å². The maximum atomic E-state index is 15.2. The zero-order valence-corrected chi connectivity index (χ0v) is 19.4. The molecule has 178 valence electrons. The van der Waals surface area contributed by atoms with Gasteiger partial charge in [-0.2, -0.15) is 5.17 Å². The van der Waals surface area contributed by atoms with Gasteiger partial charge >= 0.3 is 6.09 Å². The number of rotatable bonds is 7. The van der Waals surface area contributed by atoms with Gasteiger partial charge in [0.2, 0.25) is 0 Å². The summed E-state index contributed by atoms with van der Waals surface area (Å²) in [5.41, 5.74) is 2.41. The maximum Gasteiger partial charge on any atom is 0.414 e. The Morgan fingerprint density at radius 3 is 2.74 bits per heavy atom. The van der Waals surface area contributed by atoms with Crippen LogP contribution in [0.3, 0.4) is 0 Å². The number of hydrogen-bond donors (Lipinski definition) is 1. The van der Waals surface area contributed by atoms with Gasteiger partial charge in [0, 0.05) is 37.1 Å². The lowest BCUT2D eigenvalue weighted by Gasteiger charge is -2.36. The molecule has 34 heavy (non-hydrogen) atoms. The number of amides is 1. The summed E-state index contributed by atoms with van der Waals surface area (Å²) >= 11 is 1.38. The summed E-state index contributed by atoms with van der Waals surface area (Å²) in [6, 6.07) is 16.2. The Morgan fingerprint density at radius 2 is 2.00 bits per heavy atom. The fourth-order valence-electron chi connectivity index (χ4n) is 5.20. The highest BCUT2D eigenvalue weighted by molar-refractivity contribution is 8.00. The van der Waals surface area contributed by atoms with E-state index >= 15 is 4.39 Å². The number of hydrogen-bond acceptors (Lipinski definition) is 8.